The molecule has 4 nitrogen and oxygen atoms in total. The predicted octanol–water partition coefficient (Wildman–Crippen LogP) is 2.30. The number of hydrogen-bond acceptors (Lipinski definition) is 2. The zero-order valence-corrected chi connectivity index (χ0v) is 14.1. The molecule has 5 heteroatoms. The second-order valence-electron chi connectivity index (χ2n) is 5.06. The summed E-state index contributed by atoms with van der Waals surface area (Å²) >= 11 is 0. The first kappa shape index (κ1) is 16.8. The molecule has 0 unspecified atom stereocenters. The molecule has 0 heterocycles. The minimum Gasteiger partial charge on any atom is -0.379 e. The molecule has 0 aromatic rings. The number of guanidine groups is 1. The smallest absolute Gasteiger partial charge is 0.191 e. The highest BCUT2D eigenvalue weighted by atomic mass is 127. The van der Waals surface area contributed by atoms with Gasteiger partial charge in [0, 0.05) is 19.2 Å². The Kier molecular flexibility index (Phi) is 8.45. The van der Waals surface area contributed by atoms with E-state index in [9.17, 15) is 0 Å². The third-order valence-electron chi connectivity index (χ3n) is 3.25. The standard InChI is InChI=1S/C14H25N3O.HI/c1-2-15-14(17-13-5-3-4-6-13)16-9-10-18-11-12-7-8-12;/h3-4,12-13H,2,5-11H2,1H3,(H2,15,16,17);1H. The van der Waals surface area contributed by atoms with Crippen molar-refractivity contribution in [2.75, 3.05) is 26.3 Å². The number of rotatable bonds is 7. The van der Waals surface area contributed by atoms with Crippen LogP contribution in [0.1, 0.15) is 32.6 Å². The molecule has 1 saturated carbocycles. The third-order valence-corrected chi connectivity index (χ3v) is 3.25. The molecule has 0 spiro atoms. The molecule has 0 saturated heterocycles. The van der Waals surface area contributed by atoms with E-state index in [0.29, 0.717) is 6.04 Å². The lowest BCUT2D eigenvalue weighted by molar-refractivity contribution is 0.131. The van der Waals surface area contributed by atoms with Crippen LogP contribution in [0.3, 0.4) is 0 Å². The molecule has 2 N–H and O–H groups in total. The fourth-order valence-corrected chi connectivity index (χ4v) is 2.00. The maximum absolute atomic E-state index is 5.58. The van der Waals surface area contributed by atoms with Crippen molar-refractivity contribution in [3.63, 3.8) is 0 Å². The summed E-state index contributed by atoms with van der Waals surface area (Å²) in [5, 5.41) is 6.73. The summed E-state index contributed by atoms with van der Waals surface area (Å²) < 4.78 is 5.58. The second-order valence-corrected chi connectivity index (χ2v) is 5.06. The average molecular weight is 379 g/mol. The van der Waals surface area contributed by atoms with Gasteiger partial charge < -0.3 is 15.4 Å². The molecule has 0 aromatic heterocycles. The van der Waals surface area contributed by atoms with Gasteiger partial charge in [0.2, 0.25) is 0 Å². The van der Waals surface area contributed by atoms with Gasteiger partial charge in [-0.25, -0.2) is 0 Å². The first-order valence-electron chi connectivity index (χ1n) is 7.16. The number of ether oxygens (including phenoxy) is 1. The van der Waals surface area contributed by atoms with Crippen LogP contribution in [0.2, 0.25) is 0 Å². The van der Waals surface area contributed by atoms with Crippen LogP contribution >= 0.6 is 24.0 Å². The molecular weight excluding hydrogens is 353 g/mol. The largest absolute Gasteiger partial charge is 0.379 e. The van der Waals surface area contributed by atoms with Gasteiger partial charge in [0.15, 0.2) is 5.96 Å². The second kappa shape index (κ2) is 9.58. The molecule has 0 bridgehead atoms. The van der Waals surface area contributed by atoms with Gasteiger partial charge >= 0.3 is 0 Å². The van der Waals surface area contributed by atoms with Crippen molar-refractivity contribution in [2.45, 2.75) is 38.6 Å². The summed E-state index contributed by atoms with van der Waals surface area (Å²) in [7, 11) is 0. The van der Waals surface area contributed by atoms with E-state index in [-0.39, 0.29) is 24.0 Å². The van der Waals surface area contributed by atoms with Crippen molar-refractivity contribution >= 4 is 29.9 Å². The van der Waals surface area contributed by atoms with Crippen molar-refractivity contribution in [1.29, 1.82) is 0 Å². The highest BCUT2D eigenvalue weighted by Gasteiger charge is 2.20. The maximum atomic E-state index is 5.58. The predicted molar refractivity (Wildman–Crippen MR) is 90.2 cm³/mol. The lowest BCUT2D eigenvalue weighted by Gasteiger charge is -2.16. The lowest BCUT2D eigenvalue weighted by atomic mass is 10.2. The van der Waals surface area contributed by atoms with Crippen LogP contribution in [0, 0.1) is 5.92 Å². The van der Waals surface area contributed by atoms with Crippen LogP contribution in [0.15, 0.2) is 17.1 Å². The van der Waals surface area contributed by atoms with Gasteiger partial charge in [-0.1, -0.05) is 12.2 Å². The fourth-order valence-electron chi connectivity index (χ4n) is 2.00. The molecular formula is C14H26IN3O. The van der Waals surface area contributed by atoms with Crippen molar-refractivity contribution in [2.24, 2.45) is 10.9 Å². The Morgan fingerprint density at radius 2 is 2.05 bits per heavy atom. The summed E-state index contributed by atoms with van der Waals surface area (Å²) in [6.07, 6.45) is 9.34. The van der Waals surface area contributed by atoms with E-state index in [4.69, 9.17) is 4.74 Å². The van der Waals surface area contributed by atoms with Crippen LogP contribution in [-0.2, 0) is 4.74 Å². The summed E-state index contributed by atoms with van der Waals surface area (Å²) in [5.41, 5.74) is 0. The minimum atomic E-state index is 0. The molecule has 0 aromatic carbocycles. The number of halogens is 1. The maximum Gasteiger partial charge on any atom is 0.191 e. The van der Waals surface area contributed by atoms with Gasteiger partial charge in [-0.2, -0.15) is 0 Å². The fraction of sp³-hybridized carbons (Fsp3) is 0.786. The van der Waals surface area contributed by atoms with Crippen molar-refractivity contribution in [3.8, 4) is 0 Å². The van der Waals surface area contributed by atoms with E-state index in [1.54, 1.807) is 0 Å². The molecule has 2 aliphatic carbocycles. The first-order chi connectivity index (χ1) is 8.88. The van der Waals surface area contributed by atoms with Crippen molar-refractivity contribution in [3.05, 3.63) is 12.2 Å². The van der Waals surface area contributed by atoms with Crippen LogP contribution in [0.25, 0.3) is 0 Å². The van der Waals surface area contributed by atoms with E-state index >= 15 is 0 Å². The van der Waals surface area contributed by atoms with Gasteiger partial charge in [0.05, 0.1) is 13.2 Å². The van der Waals surface area contributed by atoms with Crippen LogP contribution < -0.4 is 10.6 Å². The molecule has 0 radical (unpaired) electrons. The summed E-state index contributed by atoms with van der Waals surface area (Å²) in [6.45, 7) is 5.38. The Bertz CT molecular complexity index is 295. The summed E-state index contributed by atoms with van der Waals surface area (Å²) in [5.74, 6) is 1.76. The Morgan fingerprint density at radius 3 is 2.68 bits per heavy atom. The molecule has 110 valence electrons. The molecule has 0 amide bonds. The van der Waals surface area contributed by atoms with E-state index < -0.39 is 0 Å². The topological polar surface area (TPSA) is 45.7 Å². The summed E-state index contributed by atoms with van der Waals surface area (Å²) in [4.78, 5) is 4.54. The Hall–Kier alpha value is -0.300. The monoisotopic (exact) mass is 379 g/mol. The van der Waals surface area contributed by atoms with Crippen molar-refractivity contribution < 1.29 is 4.74 Å². The number of nitrogens with zero attached hydrogens (tertiary/aromatic N) is 1. The zero-order valence-electron chi connectivity index (χ0n) is 11.7. The number of aliphatic imine (C=N–C) groups is 1. The Balaban J connectivity index is 0.00000180. The zero-order chi connectivity index (χ0) is 12.6. The molecule has 2 rings (SSSR count). The van der Waals surface area contributed by atoms with E-state index in [2.05, 4.69) is 34.7 Å². The SMILES string of the molecule is CCNC(=NCCOCC1CC1)NC1CC=CC1.I. The molecule has 19 heavy (non-hydrogen) atoms. The average Bonchev–Trinajstić information content (AvgIpc) is 3.05. The van der Waals surface area contributed by atoms with E-state index in [1.807, 2.05) is 0 Å². The molecule has 2 aliphatic rings. The Morgan fingerprint density at radius 1 is 1.32 bits per heavy atom. The molecule has 0 atom stereocenters. The first-order valence-corrected chi connectivity index (χ1v) is 7.16. The minimum absolute atomic E-state index is 0. The molecule has 0 aliphatic heterocycles. The Labute approximate surface area is 133 Å². The molecule has 1 fully saturated rings. The quantitative estimate of drug-likeness (QED) is 0.235. The van der Waals surface area contributed by atoms with Crippen LogP contribution in [0.5, 0.6) is 0 Å². The van der Waals surface area contributed by atoms with Crippen molar-refractivity contribution in [1.82, 2.24) is 10.6 Å². The van der Waals surface area contributed by atoms with Gasteiger partial charge in [-0.15, -0.1) is 24.0 Å². The highest BCUT2D eigenvalue weighted by Crippen LogP contribution is 2.28. The van der Waals surface area contributed by atoms with Gasteiger partial charge in [0.1, 0.15) is 0 Å². The normalized spacial score (nSPS) is 19.3. The van der Waals surface area contributed by atoms with Gasteiger partial charge in [0.25, 0.3) is 0 Å². The van der Waals surface area contributed by atoms with Crippen LogP contribution in [0.4, 0.5) is 0 Å². The van der Waals surface area contributed by atoms with Crippen LogP contribution in [-0.4, -0.2) is 38.3 Å². The number of nitrogens with one attached hydrogen (secondary N) is 2. The van der Waals surface area contributed by atoms with Gasteiger partial charge in [-0.05, 0) is 38.5 Å². The highest BCUT2D eigenvalue weighted by molar-refractivity contribution is 14.0. The third kappa shape index (κ3) is 7.15. The van der Waals surface area contributed by atoms with E-state index in [1.165, 1.54) is 12.8 Å². The van der Waals surface area contributed by atoms with E-state index in [0.717, 1.165) is 51.0 Å². The summed E-state index contributed by atoms with van der Waals surface area (Å²) in [6, 6.07) is 0.509. The number of hydrogen-bond donors (Lipinski definition) is 2. The lowest BCUT2D eigenvalue weighted by Crippen LogP contribution is -2.42. The van der Waals surface area contributed by atoms with Gasteiger partial charge in [-0.3, -0.25) is 4.99 Å².